The van der Waals surface area contributed by atoms with Gasteiger partial charge in [0.1, 0.15) is 11.9 Å². The summed E-state index contributed by atoms with van der Waals surface area (Å²) >= 11 is 0. The van der Waals surface area contributed by atoms with Gasteiger partial charge in [0.2, 0.25) is 0 Å². The van der Waals surface area contributed by atoms with Crippen molar-refractivity contribution >= 4 is 23.0 Å². The highest BCUT2D eigenvalue weighted by Crippen LogP contribution is 2.23. The largest absolute Gasteiger partial charge is 0.453 e. The fraction of sp³-hybridized carbons (Fsp3) is 0.167. The van der Waals surface area contributed by atoms with Gasteiger partial charge in [0, 0.05) is 24.3 Å². The number of para-hydroxylation sites is 1. The third-order valence-corrected chi connectivity index (χ3v) is 2.28. The average molecular weight is 202 g/mol. The molecule has 2 rings (SSSR count). The van der Waals surface area contributed by atoms with Crippen molar-refractivity contribution in [2.75, 3.05) is 0 Å². The molecule has 1 heterocycles. The summed E-state index contributed by atoms with van der Waals surface area (Å²) in [5, 5.41) is 0.861. The molecule has 1 aromatic carbocycles. The highest BCUT2D eigenvalue weighted by molar-refractivity contribution is 5.96. The van der Waals surface area contributed by atoms with Crippen LogP contribution >= 0.6 is 0 Å². The Labute approximate surface area is 86.7 Å². The van der Waals surface area contributed by atoms with Crippen LogP contribution in [0.15, 0.2) is 28.7 Å². The number of ketones is 1. The monoisotopic (exact) mass is 202 g/mol. The highest BCUT2D eigenvalue weighted by Gasteiger charge is 2.10. The van der Waals surface area contributed by atoms with Gasteiger partial charge in [0.05, 0.1) is 0 Å². The van der Waals surface area contributed by atoms with Crippen molar-refractivity contribution in [1.82, 2.24) is 0 Å². The third kappa shape index (κ3) is 1.68. The van der Waals surface area contributed by atoms with Crippen LogP contribution in [-0.2, 0) is 11.2 Å². The third-order valence-electron chi connectivity index (χ3n) is 2.28. The molecule has 3 nitrogen and oxygen atoms in total. The molecule has 0 spiro atoms. The molecule has 0 fully saturated rings. The average Bonchev–Trinajstić information content (AvgIpc) is 2.63. The molecule has 3 heteroatoms. The topological polar surface area (TPSA) is 47.3 Å². The molecule has 0 saturated carbocycles. The Hall–Kier alpha value is -1.90. The smallest absolute Gasteiger partial charge is 0.194 e. The van der Waals surface area contributed by atoms with Crippen molar-refractivity contribution in [3.05, 3.63) is 35.6 Å². The van der Waals surface area contributed by atoms with Crippen molar-refractivity contribution in [3.8, 4) is 0 Å². The Kier molecular flexibility index (Phi) is 2.37. The molecule has 0 saturated heterocycles. The summed E-state index contributed by atoms with van der Waals surface area (Å²) in [6.45, 7) is 1.46. The number of carbonyl (C=O) groups is 2. The zero-order chi connectivity index (χ0) is 10.8. The van der Waals surface area contributed by atoms with Gasteiger partial charge >= 0.3 is 0 Å². The maximum atomic E-state index is 11.1. The normalized spacial score (nSPS) is 10.5. The van der Waals surface area contributed by atoms with Crippen LogP contribution in [0.1, 0.15) is 23.0 Å². The van der Waals surface area contributed by atoms with Crippen molar-refractivity contribution in [2.24, 2.45) is 0 Å². The van der Waals surface area contributed by atoms with Crippen LogP contribution in [0.25, 0.3) is 11.0 Å². The molecule has 1 aromatic heterocycles. The molecule has 0 aliphatic carbocycles. The van der Waals surface area contributed by atoms with Crippen molar-refractivity contribution in [1.29, 1.82) is 0 Å². The number of fused-ring (bicyclic) bond motifs is 1. The maximum Gasteiger partial charge on any atom is 0.194 e. The lowest BCUT2D eigenvalue weighted by atomic mass is 10.1. The summed E-state index contributed by atoms with van der Waals surface area (Å²) in [6, 6.07) is 7.23. The number of Topliss-reactive ketones (excluding diaryl/α,β-unsaturated/α-hetero) is 1. The fourth-order valence-electron chi connectivity index (χ4n) is 1.55. The van der Waals surface area contributed by atoms with Gasteiger partial charge in [-0.3, -0.25) is 4.79 Å². The number of carbonyl (C=O) groups excluding carboxylic acids is 2. The minimum absolute atomic E-state index is 0.108. The van der Waals surface area contributed by atoms with E-state index in [2.05, 4.69) is 0 Å². The van der Waals surface area contributed by atoms with Crippen molar-refractivity contribution in [3.63, 3.8) is 0 Å². The SMILES string of the molecule is CC(=O)c1cc2cccc(CC=O)c2o1. The van der Waals surface area contributed by atoms with Gasteiger partial charge in [-0.2, -0.15) is 0 Å². The van der Waals surface area contributed by atoms with Gasteiger partial charge in [-0.15, -0.1) is 0 Å². The van der Waals surface area contributed by atoms with Crippen LogP contribution in [0.4, 0.5) is 0 Å². The lowest BCUT2D eigenvalue weighted by Gasteiger charge is -1.95. The second kappa shape index (κ2) is 3.69. The van der Waals surface area contributed by atoms with Crippen LogP contribution in [0, 0.1) is 0 Å². The predicted molar refractivity (Wildman–Crippen MR) is 56.0 cm³/mol. The molecule has 0 amide bonds. The molecular weight excluding hydrogens is 192 g/mol. The summed E-state index contributed by atoms with van der Waals surface area (Å²) < 4.78 is 5.40. The summed E-state index contributed by atoms with van der Waals surface area (Å²) in [5.41, 5.74) is 1.45. The van der Waals surface area contributed by atoms with E-state index >= 15 is 0 Å². The van der Waals surface area contributed by atoms with Crippen LogP contribution < -0.4 is 0 Å². The Morgan fingerprint density at radius 3 is 2.93 bits per heavy atom. The van der Waals surface area contributed by atoms with Crippen LogP contribution in [0.5, 0.6) is 0 Å². The fourth-order valence-corrected chi connectivity index (χ4v) is 1.55. The lowest BCUT2D eigenvalue weighted by Crippen LogP contribution is -1.87. The summed E-state index contributed by atoms with van der Waals surface area (Å²) in [7, 11) is 0. The van der Waals surface area contributed by atoms with Crippen LogP contribution in [0.2, 0.25) is 0 Å². The van der Waals surface area contributed by atoms with Gasteiger partial charge in [-0.1, -0.05) is 18.2 Å². The number of furan rings is 1. The van der Waals surface area contributed by atoms with E-state index in [1.807, 2.05) is 18.2 Å². The van der Waals surface area contributed by atoms with E-state index in [-0.39, 0.29) is 5.78 Å². The van der Waals surface area contributed by atoms with Gasteiger partial charge in [-0.25, -0.2) is 0 Å². The molecule has 0 unspecified atom stereocenters. The second-order valence-corrected chi connectivity index (χ2v) is 3.37. The van der Waals surface area contributed by atoms with Crippen LogP contribution in [-0.4, -0.2) is 12.1 Å². The van der Waals surface area contributed by atoms with Gasteiger partial charge in [-0.05, 0) is 6.07 Å². The molecule has 0 atom stereocenters. The Morgan fingerprint density at radius 1 is 1.47 bits per heavy atom. The van der Waals surface area contributed by atoms with E-state index in [0.29, 0.717) is 17.8 Å². The molecule has 15 heavy (non-hydrogen) atoms. The van der Waals surface area contributed by atoms with Crippen molar-refractivity contribution < 1.29 is 14.0 Å². The van der Waals surface area contributed by atoms with Crippen molar-refractivity contribution in [2.45, 2.75) is 13.3 Å². The first kappa shape index (κ1) is 9.65. The standard InChI is InChI=1S/C12H10O3/c1-8(14)11-7-10-4-2-3-9(5-6-13)12(10)15-11/h2-4,6-7H,5H2,1H3. The molecule has 0 radical (unpaired) electrons. The zero-order valence-electron chi connectivity index (χ0n) is 8.32. The Bertz CT molecular complexity index is 523. The number of benzene rings is 1. The predicted octanol–water partition coefficient (Wildman–Crippen LogP) is 2.38. The minimum atomic E-state index is -0.108. The van der Waals surface area contributed by atoms with E-state index in [1.165, 1.54) is 6.92 Å². The molecular formula is C12H10O3. The summed E-state index contributed by atoms with van der Waals surface area (Å²) in [4.78, 5) is 21.6. The lowest BCUT2D eigenvalue weighted by molar-refractivity contribution is -0.107. The first-order chi connectivity index (χ1) is 7.22. The quantitative estimate of drug-likeness (QED) is 0.567. The number of rotatable bonds is 3. The Morgan fingerprint density at radius 2 is 2.27 bits per heavy atom. The van der Waals surface area contributed by atoms with Gasteiger partial charge < -0.3 is 9.21 Å². The molecule has 76 valence electrons. The number of aldehydes is 1. The van der Waals surface area contributed by atoms with E-state index in [1.54, 1.807) is 6.07 Å². The van der Waals surface area contributed by atoms with Gasteiger partial charge in [0.25, 0.3) is 0 Å². The number of hydrogen-bond acceptors (Lipinski definition) is 3. The minimum Gasteiger partial charge on any atom is -0.453 e. The summed E-state index contributed by atoms with van der Waals surface area (Å²) in [6.07, 6.45) is 1.13. The van der Waals surface area contributed by atoms with E-state index in [0.717, 1.165) is 17.2 Å². The second-order valence-electron chi connectivity index (χ2n) is 3.37. The maximum absolute atomic E-state index is 11.1. The number of hydrogen-bond donors (Lipinski definition) is 0. The molecule has 0 N–H and O–H groups in total. The molecule has 0 aliphatic rings. The molecule has 2 aromatic rings. The van der Waals surface area contributed by atoms with Gasteiger partial charge in [0.15, 0.2) is 11.5 Å². The first-order valence-corrected chi connectivity index (χ1v) is 4.68. The van der Waals surface area contributed by atoms with E-state index in [9.17, 15) is 9.59 Å². The highest BCUT2D eigenvalue weighted by atomic mass is 16.3. The Balaban J connectivity index is 2.63. The zero-order valence-corrected chi connectivity index (χ0v) is 8.32. The van der Waals surface area contributed by atoms with Crippen LogP contribution in [0.3, 0.4) is 0 Å². The molecule has 0 aliphatic heterocycles. The van der Waals surface area contributed by atoms with E-state index < -0.39 is 0 Å². The summed E-state index contributed by atoms with van der Waals surface area (Å²) in [5.74, 6) is 0.228. The molecule has 0 bridgehead atoms. The van der Waals surface area contributed by atoms with E-state index in [4.69, 9.17) is 4.42 Å². The first-order valence-electron chi connectivity index (χ1n) is 4.68.